The molecule has 26 heavy (non-hydrogen) atoms. The van der Waals surface area contributed by atoms with Crippen LogP contribution in [0.15, 0.2) is 60.7 Å². The third-order valence-electron chi connectivity index (χ3n) is 2.01. The molecule has 0 aliphatic rings. The second-order valence-corrected chi connectivity index (χ2v) is 6.60. The Balaban J connectivity index is -0.000000124. The number of hydrogen-bond donors (Lipinski definition) is 1. The molecule has 3 nitrogen and oxygen atoms in total. The van der Waals surface area contributed by atoms with Crippen LogP contribution in [0.1, 0.15) is 54.0 Å². The summed E-state index contributed by atoms with van der Waals surface area (Å²) in [5.41, 5.74) is 1.41. The third-order valence-corrected chi connectivity index (χ3v) is 2.01. The molecule has 0 bridgehead atoms. The van der Waals surface area contributed by atoms with E-state index in [1.807, 2.05) is 53.7 Å². The Hall–Kier alpha value is -1.81. The van der Waals surface area contributed by atoms with Gasteiger partial charge in [-0.1, -0.05) is 97.0 Å². The number of aromatic hydroxyl groups is 1. The zero-order valence-electron chi connectivity index (χ0n) is 18.2. The molecule has 0 aliphatic carbocycles. The van der Waals surface area contributed by atoms with Crippen molar-refractivity contribution in [1.29, 1.82) is 0 Å². The summed E-state index contributed by atoms with van der Waals surface area (Å²) >= 11 is 0. The molecule has 4 heteroatoms. The fraction of sp³-hybridized carbons (Fsp3) is 0.455. The average Bonchev–Trinajstić information content (AvgIpc) is 2.67. The molecule has 2 aromatic rings. The standard InChI is InChI=1S/C8H10.C6H6O.C2H6O2S.3C2H6/c1-2-8-6-4-3-5-7-8;7-6-4-2-1-3-5-6;1-5(2,3)4;3*1-2/h3-7H,2H2,1H3;1-5,7H;1-2H3;3*1-2H3. The lowest BCUT2D eigenvalue weighted by Crippen LogP contribution is -1.86. The van der Waals surface area contributed by atoms with Crippen LogP contribution in [0.2, 0.25) is 0 Å². The van der Waals surface area contributed by atoms with E-state index >= 15 is 0 Å². The lowest BCUT2D eigenvalue weighted by atomic mass is 10.2. The Labute approximate surface area is 163 Å². The number of aryl methyl sites for hydroxylation is 1. The van der Waals surface area contributed by atoms with Crippen LogP contribution in [0.4, 0.5) is 0 Å². The predicted molar refractivity (Wildman–Crippen MR) is 119 cm³/mol. The van der Waals surface area contributed by atoms with Crippen LogP contribution in [-0.2, 0) is 16.3 Å². The van der Waals surface area contributed by atoms with E-state index in [0.29, 0.717) is 5.75 Å². The van der Waals surface area contributed by atoms with Crippen molar-refractivity contribution in [3.63, 3.8) is 0 Å². The fourth-order valence-electron chi connectivity index (χ4n) is 1.14. The SMILES string of the molecule is CC.CC.CC.CCc1ccccc1.CS(C)(=O)=O.Oc1ccccc1. The number of benzene rings is 2. The highest BCUT2D eigenvalue weighted by atomic mass is 32.2. The zero-order chi connectivity index (χ0) is 21.4. The van der Waals surface area contributed by atoms with Crippen LogP contribution in [0.5, 0.6) is 5.75 Å². The molecule has 0 saturated carbocycles. The van der Waals surface area contributed by atoms with Crippen molar-refractivity contribution in [1.82, 2.24) is 0 Å². The maximum absolute atomic E-state index is 9.63. The largest absolute Gasteiger partial charge is 0.508 e. The fourth-order valence-corrected chi connectivity index (χ4v) is 1.14. The van der Waals surface area contributed by atoms with Crippen LogP contribution in [0.3, 0.4) is 0 Å². The van der Waals surface area contributed by atoms with Crippen LogP contribution < -0.4 is 0 Å². The number of para-hydroxylation sites is 1. The maximum Gasteiger partial charge on any atom is 0.144 e. The lowest BCUT2D eigenvalue weighted by molar-refractivity contribution is 0.475. The Morgan fingerprint density at radius 3 is 1.12 bits per heavy atom. The van der Waals surface area contributed by atoms with Crippen molar-refractivity contribution in [2.45, 2.75) is 54.9 Å². The van der Waals surface area contributed by atoms with Crippen LogP contribution in [-0.4, -0.2) is 26.0 Å². The summed E-state index contributed by atoms with van der Waals surface area (Å²) in [6.45, 7) is 14.2. The van der Waals surface area contributed by atoms with Crippen molar-refractivity contribution < 1.29 is 13.5 Å². The van der Waals surface area contributed by atoms with Crippen molar-refractivity contribution >= 4 is 9.84 Å². The minimum absolute atomic E-state index is 0.322. The summed E-state index contributed by atoms with van der Waals surface area (Å²) in [5.74, 6) is 0.322. The highest BCUT2D eigenvalue weighted by molar-refractivity contribution is 7.89. The molecule has 0 atom stereocenters. The van der Waals surface area contributed by atoms with Gasteiger partial charge in [0.15, 0.2) is 0 Å². The van der Waals surface area contributed by atoms with E-state index in [9.17, 15) is 8.42 Å². The van der Waals surface area contributed by atoms with Gasteiger partial charge in [0.25, 0.3) is 0 Å². The molecule has 0 unspecified atom stereocenters. The number of phenols is 1. The van der Waals surface area contributed by atoms with E-state index in [2.05, 4.69) is 31.2 Å². The van der Waals surface area contributed by atoms with Gasteiger partial charge in [-0.2, -0.15) is 0 Å². The molecule has 0 aromatic heterocycles. The van der Waals surface area contributed by atoms with Gasteiger partial charge in [0, 0.05) is 12.5 Å². The summed E-state index contributed by atoms with van der Waals surface area (Å²) < 4.78 is 19.3. The van der Waals surface area contributed by atoms with Gasteiger partial charge < -0.3 is 5.11 Å². The Morgan fingerprint density at radius 2 is 0.962 bits per heavy atom. The van der Waals surface area contributed by atoms with Gasteiger partial charge in [0.05, 0.1) is 0 Å². The van der Waals surface area contributed by atoms with Gasteiger partial charge in [-0.3, -0.25) is 0 Å². The number of phenolic OH excluding ortho intramolecular Hbond substituents is 1. The number of hydrogen-bond acceptors (Lipinski definition) is 3. The Kier molecular flexibility index (Phi) is 31.2. The lowest BCUT2D eigenvalue weighted by Gasteiger charge is -1.89. The molecule has 2 aromatic carbocycles. The monoisotopic (exact) mass is 384 g/mol. The summed E-state index contributed by atoms with van der Waals surface area (Å²) in [6.07, 6.45) is 3.46. The summed E-state index contributed by atoms with van der Waals surface area (Å²) in [6, 6.07) is 19.2. The van der Waals surface area contributed by atoms with E-state index in [1.165, 1.54) is 5.56 Å². The number of rotatable bonds is 1. The van der Waals surface area contributed by atoms with Crippen LogP contribution in [0.25, 0.3) is 0 Å². The van der Waals surface area contributed by atoms with Crippen molar-refractivity contribution in [3.8, 4) is 5.75 Å². The van der Waals surface area contributed by atoms with Crippen molar-refractivity contribution in [3.05, 3.63) is 66.2 Å². The smallest absolute Gasteiger partial charge is 0.144 e. The first-order valence-electron chi connectivity index (χ1n) is 9.26. The molecule has 0 radical (unpaired) electrons. The minimum Gasteiger partial charge on any atom is -0.508 e. The topological polar surface area (TPSA) is 54.4 Å². The zero-order valence-corrected chi connectivity index (χ0v) is 19.0. The Bertz CT molecular complexity index is 542. The molecule has 1 N–H and O–H groups in total. The Morgan fingerprint density at radius 1 is 0.692 bits per heavy atom. The molecule has 152 valence electrons. The summed E-state index contributed by atoms with van der Waals surface area (Å²) in [7, 11) is -2.67. The predicted octanol–water partition coefficient (Wildman–Crippen LogP) is 6.38. The van der Waals surface area contributed by atoms with Crippen molar-refractivity contribution in [2.24, 2.45) is 0 Å². The van der Waals surface area contributed by atoms with Gasteiger partial charge in [-0.25, -0.2) is 8.42 Å². The quantitative estimate of drug-likeness (QED) is 0.620. The van der Waals surface area contributed by atoms with Crippen LogP contribution >= 0.6 is 0 Å². The first kappa shape index (κ1) is 31.9. The first-order valence-corrected chi connectivity index (χ1v) is 11.6. The van der Waals surface area contributed by atoms with E-state index < -0.39 is 9.84 Å². The second kappa shape index (κ2) is 25.4. The molecule has 0 heterocycles. The van der Waals surface area contributed by atoms with E-state index in [0.717, 1.165) is 18.9 Å². The molecule has 0 fully saturated rings. The number of sulfone groups is 1. The maximum atomic E-state index is 9.63. The van der Waals surface area contributed by atoms with E-state index in [-0.39, 0.29) is 0 Å². The first-order chi connectivity index (χ1) is 12.3. The molecular weight excluding hydrogens is 344 g/mol. The van der Waals surface area contributed by atoms with Gasteiger partial charge in [0.1, 0.15) is 15.6 Å². The van der Waals surface area contributed by atoms with Gasteiger partial charge in [-0.15, -0.1) is 0 Å². The van der Waals surface area contributed by atoms with Gasteiger partial charge >= 0.3 is 0 Å². The van der Waals surface area contributed by atoms with Gasteiger partial charge in [0.2, 0.25) is 0 Å². The summed E-state index contributed by atoms with van der Waals surface area (Å²) in [4.78, 5) is 0. The van der Waals surface area contributed by atoms with E-state index in [4.69, 9.17) is 5.11 Å². The second-order valence-electron chi connectivity index (χ2n) is 4.32. The van der Waals surface area contributed by atoms with Gasteiger partial charge in [-0.05, 0) is 24.1 Å². The third kappa shape index (κ3) is 38.0. The molecule has 0 saturated heterocycles. The molecular formula is C22H40O3S. The van der Waals surface area contributed by atoms with Crippen molar-refractivity contribution in [2.75, 3.05) is 12.5 Å². The highest BCUT2D eigenvalue weighted by Crippen LogP contribution is 2.02. The van der Waals surface area contributed by atoms with Crippen LogP contribution in [0, 0.1) is 0 Å². The minimum atomic E-state index is -2.67. The van der Waals surface area contributed by atoms with E-state index in [1.54, 1.807) is 24.3 Å². The summed E-state index contributed by atoms with van der Waals surface area (Å²) in [5, 5.41) is 8.63. The normalized spacial score (nSPS) is 8.04. The molecule has 0 spiro atoms. The molecule has 2 rings (SSSR count). The molecule has 0 amide bonds. The molecule has 0 aliphatic heterocycles. The average molecular weight is 385 g/mol. The highest BCUT2D eigenvalue weighted by Gasteiger charge is 1.80.